The first kappa shape index (κ1) is 8.55. The molecule has 0 bridgehead atoms. The largest absolute Gasteiger partial charge is 0.295 e. The fourth-order valence-electron chi connectivity index (χ4n) is 3.16. The van der Waals surface area contributed by atoms with Crippen LogP contribution in [0, 0.1) is 0 Å². The van der Waals surface area contributed by atoms with Crippen molar-refractivity contribution in [2.24, 2.45) is 0 Å². The molecule has 1 aliphatic carbocycles. The molecule has 1 aliphatic heterocycles. The summed E-state index contributed by atoms with van der Waals surface area (Å²) in [5.41, 5.74) is 0.579. The van der Waals surface area contributed by atoms with E-state index < -0.39 is 0 Å². The zero-order valence-corrected chi connectivity index (χ0v) is 8.47. The SMILES string of the molecule is CC1CCCN1C1(C)CCCC1. The first-order valence-corrected chi connectivity index (χ1v) is 5.49. The quantitative estimate of drug-likeness (QED) is 0.580. The van der Waals surface area contributed by atoms with E-state index in [1.165, 1.54) is 45.1 Å². The molecule has 1 atom stereocenters. The molecule has 0 N–H and O–H groups in total. The van der Waals surface area contributed by atoms with Crippen LogP contribution >= 0.6 is 0 Å². The van der Waals surface area contributed by atoms with Crippen LogP contribution in [-0.2, 0) is 0 Å². The number of rotatable bonds is 1. The second kappa shape index (κ2) is 3.02. The van der Waals surface area contributed by atoms with Gasteiger partial charge in [0.15, 0.2) is 0 Å². The maximum atomic E-state index is 2.76. The lowest BCUT2D eigenvalue weighted by Crippen LogP contribution is -2.45. The molecule has 2 aliphatic rings. The summed E-state index contributed by atoms with van der Waals surface area (Å²) in [5, 5.41) is 0. The second-order valence-corrected chi connectivity index (χ2v) is 4.89. The Kier molecular flexibility index (Phi) is 2.16. The van der Waals surface area contributed by atoms with Gasteiger partial charge in [0.05, 0.1) is 0 Å². The lowest BCUT2D eigenvalue weighted by atomic mass is 9.97. The molecule has 0 aromatic rings. The molecule has 0 aromatic carbocycles. The van der Waals surface area contributed by atoms with E-state index in [0.717, 1.165) is 6.04 Å². The van der Waals surface area contributed by atoms with Crippen molar-refractivity contribution in [3.8, 4) is 0 Å². The Bertz CT molecular complexity index is 158. The van der Waals surface area contributed by atoms with Gasteiger partial charge in [-0.2, -0.15) is 0 Å². The average molecular weight is 167 g/mol. The number of likely N-dealkylation sites (tertiary alicyclic amines) is 1. The van der Waals surface area contributed by atoms with Gasteiger partial charge in [0.2, 0.25) is 0 Å². The number of hydrogen-bond donors (Lipinski definition) is 0. The van der Waals surface area contributed by atoms with Crippen LogP contribution in [0.3, 0.4) is 0 Å². The highest BCUT2D eigenvalue weighted by molar-refractivity contribution is 4.95. The molecule has 1 nitrogen and oxygen atoms in total. The van der Waals surface area contributed by atoms with Gasteiger partial charge in [-0.1, -0.05) is 12.8 Å². The molecule has 1 heteroatoms. The van der Waals surface area contributed by atoms with Gasteiger partial charge in [-0.25, -0.2) is 0 Å². The molecule has 70 valence electrons. The molecule has 1 unspecified atom stereocenters. The van der Waals surface area contributed by atoms with E-state index in [0.29, 0.717) is 5.54 Å². The molecule has 0 spiro atoms. The lowest BCUT2D eigenvalue weighted by Gasteiger charge is -2.38. The maximum absolute atomic E-state index is 2.76. The van der Waals surface area contributed by atoms with Gasteiger partial charge in [-0.15, -0.1) is 0 Å². The van der Waals surface area contributed by atoms with Crippen LogP contribution in [0.15, 0.2) is 0 Å². The minimum Gasteiger partial charge on any atom is -0.295 e. The van der Waals surface area contributed by atoms with E-state index in [1.807, 2.05) is 0 Å². The predicted molar refractivity (Wildman–Crippen MR) is 52.3 cm³/mol. The Morgan fingerprint density at radius 2 is 1.83 bits per heavy atom. The fraction of sp³-hybridized carbons (Fsp3) is 1.00. The summed E-state index contributed by atoms with van der Waals surface area (Å²) in [6.07, 6.45) is 8.65. The third-order valence-electron chi connectivity index (χ3n) is 3.93. The van der Waals surface area contributed by atoms with Crippen LogP contribution in [0.25, 0.3) is 0 Å². The summed E-state index contributed by atoms with van der Waals surface area (Å²) >= 11 is 0. The summed E-state index contributed by atoms with van der Waals surface area (Å²) in [5.74, 6) is 0. The van der Waals surface area contributed by atoms with E-state index in [-0.39, 0.29) is 0 Å². The van der Waals surface area contributed by atoms with Crippen molar-refractivity contribution >= 4 is 0 Å². The standard InChI is InChI=1S/C11H21N/c1-10-6-5-9-12(10)11(2)7-3-4-8-11/h10H,3-9H2,1-2H3. The Hall–Kier alpha value is -0.0400. The highest BCUT2D eigenvalue weighted by atomic mass is 15.2. The van der Waals surface area contributed by atoms with Crippen molar-refractivity contribution in [2.75, 3.05) is 6.54 Å². The first-order valence-electron chi connectivity index (χ1n) is 5.49. The highest BCUT2D eigenvalue weighted by Crippen LogP contribution is 2.38. The molecule has 1 saturated carbocycles. The monoisotopic (exact) mass is 167 g/mol. The smallest absolute Gasteiger partial charge is 0.0184 e. The molecule has 12 heavy (non-hydrogen) atoms. The lowest BCUT2D eigenvalue weighted by molar-refractivity contribution is 0.102. The Labute approximate surface area is 76.1 Å². The normalized spacial score (nSPS) is 36.0. The van der Waals surface area contributed by atoms with Crippen molar-refractivity contribution in [1.29, 1.82) is 0 Å². The van der Waals surface area contributed by atoms with Crippen LogP contribution in [0.4, 0.5) is 0 Å². The fourth-order valence-corrected chi connectivity index (χ4v) is 3.16. The van der Waals surface area contributed by atoms with Crippen LogP contribution in [0.5, 0.6) is 0 Å². The second-order valence-electron chi connectivity index (χ2n) is 4.89. The van der Waals surface area contributed by atoms with Crippen LogP contribution in [-0.4, -0.2) is 23.0 Å². The van der Waals surface area contributed by atoms with E-state index >= 15 is 0 Å². The average Bonchev–Trinajstić information content (AvgIpc) is 2.59. The molecule has 0 radical (unpaired) electrons. The van der Waals surface area contributed by atoms with Gasteiger partial charge >= 0.3 is 0 Å². The number of nitrogens with zero attached hydrogens (tertiary/aromatic N) is 1. The first-order chi connectivity index (χ1) is 5.72. The Morgan fingerprint density at radius 1 is 1.17 bits per heavy atom. The van der Waals surface area contributed by atoms with Crippen molar-refractivity contribution in [1.82, 2.24) is 4.90 Å². The van der Waals surface area contributed by atoms with E-state index in [9.17, 15) is 0 Å². The van der Waals surface area contributed by atoms with E-state index in [4.69, 9.17) is 0 Å². The van der Waals surface area contributed by atoms with Crippen molar-refractivity contribution in [3.05, 3.63) is 0 Å². The zero-order chi connectivity index (χ0) is 8.60. The molecule has 2 rings (SSSR count). The molecule has 0 aromatic heterocycles. The molecule has 2 fully saturated rings. The Morgan fingerprint density at radius 3 is 2.33 bits per heavy atom. The van der Waals surface area contributed by atoms with Crippen LogP contribution in [0.2, 0.25) is 0 Å². The topological polar surface area (TPSA) is 3.24 Å². The molecular weight excluding hydrogens is 146 g/mol. The molecule has 1 saturated heterocycles. The number of hydrogen-bond acceptors (Lipinski definition) is 1. The molecule has 0 amide bonds. The van der Waals surface area contributed by atoms with E-state index in [2.05, 4.69) is 18.7 Å². The summed E-state index contributed by atoms with van der Waals surface area (Å²) < 4.78 is 0. The minimum absolute atomic E-state index is 0.579. The van der Waals surface area contributed by atoms with Gasteiger partial charge in [0.1, 0.15) is 0 Å². The summed E-state index contributed by atoms with van der Waals surface area (Å²) in [6.45, 7) is 6.23. The van der Waals surface area contributed by atoms with Gasteiger partial charge in [0.25, 0.3) is 0 Å². The molecule has 1 heterocycles. The van der Waals surface area contributed by atoms with E-state index in [1.54, 1.807) is 0 Å². The van der Waals surface area contributed by atoms with Gasteiger partial charge in [-0.05, 0) is 46.1 Å². The van der Waals surface area contributed by atoms with Gasteiger partial charge in [-0.3, -0.25) is 4.90 Å². The predicted octanol–water partition coefficient (Wildman–Crippen LogP) is 2.80. The highest BCUT2D eigenvalue weighted by Gasteiger charge is 2.38. The van der Waals surface area contributed by atoms with Gasteiger partial charge < -0.3 is 0 Å². The van der Waals surface area contributed by atoms with Crippen molar-refractivity contribution < 1.29 is 0 Å². The minimum atomic E-state index is 0.579. The van der Waals surface area contributed by atoms with Crippen molar-refractivity contribution in [2.45, 2.75) is 64.0 Å². The van der Waals surface area contributed by atoms with Crippen LogP contribution < -0.4 is 0 Å². The third-order valence-corrected chi connectivity index (χ3v) is 3.93. The van der Waals surface area contributed by atoms with Gasteiger partial charge in [0, 0.05) is 11.6 Å². The maximum Gasteiger partial charge on any atom is 0.0184 e. The third kappa shape index (κ3) is 1.28. The summed E-state index contributed by atoms with van der Waals surface area (Å²) in [7, 11) is 0. The molecular formula is C11H21N. The zero-order valence-electron chi connectivity index (χ0n) is 8.47. The summed E-state index contributed by atoms with van der Waals surface area (Å²) in [6, 6.07) is 0.855. The van der Waals surface area contributed by atoms with Crippen molar-refractivity contribution in [3.63, 3.8) is 0 Å². The van der Waals surface area contributed by atoms with Crippen LogP contribution in [0.1, 0.15) is 52.4 Å². The summed E-state index contributed by atoms with van der Waals surface area (Å²) in [4.78, 5) is 2.76. The Balaban J connectivity index is 2.06.